The van der Waals surface area contributed by atoms with Crippen molar-refractivity contribution in [2.75, 3.05) is 13.2 Å². The van der Waals surface area contributed by atoms with Gasteiger partial charge in [-0.2, -0.15) is 18.3 Å². The van der Waals surface area contributed by atoms with Gasteiger partial charge in [0, 0.05) is 6.42 Å². The highest BCUT2D eigenvalue weighted by atomic mass is 19.4. The van der Waals surface area contributed by atoms with Crippen LogP contribution in [-0.2, 0) is 21.4 Å². The Labute approximate surface area is 143 Å². The second kappa shape index (κ2) is 5.82. The number of nitrogens with zero attached hydrogens (tertiary/aromatic N) is 2. The molecule has 1 aliphatic heterocycles. The van der Waals surface area contributed by atoms with Gasteiger partial charge in [0.15, 0.2) is 18.0 Å². The summed E-state index contributed by atoms with van der Waals surface area (Å²) in [5, 5.41) is 3.43. The zero-order valence-corrected chi connectivity index (χ0v) is 13.3. The molecular weight excluding hydrogens is 373 g/mol. The van der Waals surface area contributed by atoms with E-state index < -0.39 is 66.1 Å². The zero-order valence-electron chi connectivity index (χ0n) is 13.3. The van der Waals surface area contributed by atoms with Crippen LogP contribution >= 0.6 is 0 Å². The van der Waals surface area contributed by atoms with Crippen molar-refractivity contribution in [3.05, 3.63) is 17.0 Å². The molecule has 0 amide bonds. The molecule has 4 nitrogen and oxygen atoms in total. The van der Waals surface area contributed by atoms with Crippen molar-refractivity contribution in [2.45, 2.75) is 62.0 Å². The maximum Gasteiger partial charge on any atom is 0.435 e. The molecule has 1 aromatic rings. The molecular formula is C15H15F7N2O2. The van der Waals surface area contributed by atoms with Gasteiger partial charge in [0.05, 0.1) is 30.5 Å². The number of ether oxygens (including phenoxy) is 2. The maximum atomic E-state index is 14.7. The van der Waals surface area contributed by atoms with E-state index in [-0.39, 0.29) is 26.1 Å². The highest BCUT2D eigenvalue weighted by Gasteiger charge is 2.64. The van der Waals surface area contributed by atoms with Crippen molar-refractivity contribution >= 4 is 0 Å². The second-order valence-corrected chi connectivity index (χ2v) is 6.72. The summed E-state index contributed by atoms with van der Waals surface area (Å²) in [5.74, 6) is -2.51. The highest BCUT2D eigenvalue weighted by Crippen LogP contribution is 2.56. The Hall–Kier alpha value is -1.36. The Morgan fingerprint density at radius 3 is 2.23 bits per heavy atom. The molecule has 0 bridgehead atoms. The summed E-state index contributed by atoms with van der Waals surface area (Å²) < 4.78 is 108. The lowest BCUT2D eigenvalue weighted by molar-refractivity contribution is -0.217. The number of halogens is 7. The summed E-state index contributed by atoms with van der Waals surface area (Å²) in [7, 11) is 0. The molecule has 1 aromatic heterocycles. The Morgan fingerprint density at radius 2 is 1.65 bits per heavy atom. The number of hydrogen-bond acceptors (Lipinski definition) is 3. The van der Waals surface area contributed by atoms with Gasteiger partial charge in [-0.1, -0.05) is 0 Å². The molecule has 0 aromatic carbocycles. The van der Waals surface area contributed by atoms with Gasteiger partial charge in [-0.15, -0.1) is 0 Å². The molecule has 2 heterocycles. The van der Waals surface area contributed by atoms with Crippen molar-refractivity contribution < 1.29 is 40.2 Å². The fourth-order valence-corrected chi connectivity index (χ4v) is 4.01. The number of fused-ring (bicyclic) bond motifs is 2. The molecule has 1 saturated carbocycles. The molecule has 11 heteroatoms. The van der Waals surface area contributed by atoms with Crippen LogP contribution in [0.4, 0.5) is 30.7 Å². The first-order chi connectivity index (χ1) is 12.2. The topological polar surface area (TPSA) is 36.3 Å². The summed E-state index contributed by atoms with van der Waals surface area (Å²) in [6.45, 7) is -0.400. The van der Waals surface area contributed by atoms with Crippen LogP contribution in [0.2, 0.25) is 0 Å². The molecule has 4 rings (SSSR count). The number of rotatable bonds is 1. The molecule has 1 spiro atoms. The van der Waals surface area contributed by atoms with Crippen LogP contribution in [0, 0.1) is 0 Å². The average Bonchev–Trinajstić information content (AvgIpc) is 3.24. The fraction of sp³-hybridized carbons (Fsp3) is 0.800. The summed E-state index contributed by atoms with van der Waals surface area (Å²) >= 11 is 0. The molecule has 3 aliphatic rings. The van der Waals surface area contributed by atoms with E-state index in [4.69, 9.17) is 9.47 Å². The normalized spacial score (nSPS) is 36.7. The Morgan fingerprint density at radius 1 is 1.00 bits per heavy atom. The van der Waals surface area contributed by atoms with Crippen LogP contribution in [0.5, 0.6) is 0 Å². The summed E-state index contributed by atoms with van der Waals surface area (Å²) in [6.07, 6.45) is -14.4. The minimum absolute atomic E-state index is 0.0363. The molecule has 146 valence electrons. The quantitative estimate of drug-likeness (QED) is 0.686. The average molecular weight is 388 g/mol. The molecule has 0 unspecified atom stereocenters. The molecule has 2 fully saturated rings. The lowest BCUT2D eigenvalue weighted by atomic mass is 9.92. The fourth-order valence-electron chi connectivity index (χ4n) is 4.01. The van der Waals surface area contributed by atoms with Gasteiger partial charge in [0.25, 0.3) is 0 Å². The largest absolute Gasteiger partial charge is 0.435 e. The van der Waals surface area contributed by atoms with E-state index in [0.717, 1.165) is 0 Å². The number of hydrogen-bond donors (Lipinski definition) is 0. The van der Waals surface area contributed by atoms with E-state index in [9.17, 15) is 30.7 Å². The first kappa shape index (κ1) is 18.0. The van der Waals surface area contributed by atoms with E-state index in [2.05, 4.69) is 5.10 Å². The molecule has 1 saturated heterocycles. The molecule has 5 atom stereocenters. The predicted octanol–water partition coefficient (Wildman–Crippen LogP) is 3.87. The predicted molar refractivity (Wildman–Crippen MR) is 72.2 cm³/mol. The van der Waals surface area contributed by atoms with Crippen molar-refractivity contribution in [2.24, 2.45) is 0 Å². The van der Waals surface area contributed by atoms with E-state index in [0.29, 0.717) is 4.68 Å². The van der Waals surface area contributed by atoms with Crippen molar-refractivity contribution in [3.8, 4) is 0 Å². The van der Waals surface area contributed by atoms with Gasteiger partial charge in [-0.05, 0) is 12.8 Å². The van der Waals surface area contributed by atoms with Crippen LogP contribution in [0.15, 0.2) is 0 Å². The lowest BCUT2D eigenvalue weighted by Crippen LogP contribution is -2.37. The van der Waals surface area contributed by atoms with Crippen LogP contribution in [0.3, 0.4) is 0 Å². The monoisotopic (exact) mass is 388 g/mol. The Balaban J connectivity index is 1.86. The van der Waals surface area contributed by atoms with E-state index in [1.807, 2.05) is 0 Å². The van der Waals surface area contributed by atoms with E-state index in [1.165, 1.54) is 0 Å². The van der Waals surface area contributed by atoms with E-state index in [1.54, 1.807) is 0 Å². The van der Waals surface area contributed by atoms with Gasteiger partial charge in [0.1, 0.15) is 12.3 Å². The second-order valence-electron chi connectivity index (χ2n) is 6.72. The summed E-state index contributed by atoms with van der Waals surface area (Å²) in [5.41, 5.74) is -3.02. The van der Waals surface area contributed by atoms with Gasteiger partial charge in [0.2, 0.25) is 5.79 Å². The van der Waals surface area contributed by atoms with E-state index >= 15 is 0 Å². The minimum Gasteiger partial charge on any atom is -0.341 e. The first-order valence-corrected chi connectivity index (χ1v) is 8.21. The van der Waals surface area contributed by atoms with Crippen molar-refractivity contribution in [3.63, 3.8) is 0 Å². The van der Waals surface area contributed by atoms with Crippen LogP contribution in [-0.4, -0.2) is 41.5 Å². The first-order valence-electron chi connectivity index (χ1n) is 8.21. The smallest absolute Gasteiger partial charge is 0.341 e. The number of aromatic nitrogens is 2. The molecule has 0 radical (unpaired) electrons. The molecule has 2 aliphatic carbocycles. The van der Waals surface area contributed by atoms with Crippen LogP contribution < -0.4 is 0 Å². The lowest BCUT2D eigenvalue weighted by Gasteiger charge is -2.29. The summed E-state index contributed by atoms with van der Waals surface area (Å²) in [6, 6.07) is -1.01. The Kier molecular flexibility index (Phi) is 4.03. The highest BCUT2D eigenvalue weighted by molar-refractivity contribution is 5.42. The van der Waals surface area contributed by atoms with Gasteiger partial charge < -0.3 is 9.47 Å². The van der Waals surface area contributed by atoms with Gasteiger partial charge >= 0.3 is 6.18 Å². The zero-order chi connectivity index (χ0) is 18.9. The van der Waals surface area contributed by atoms with Gasteiger partial charge in [-0.25, -0.2) is 17.6 Å². The van der Waals surface area contributed by atoms with Crippen LogP contribution in [0.25, 0.3) is 0 Å². The molecule has 0 N–H and O–H groups in total. The third-order valence-corrected chi connectivity index (χ3v) is 5.17. The summed E-state index contributed by atoms with van der Waals surface area (Å²) in [4.78, 5) is 0. The third-order valence-electron chi connectivity index (χ3n) is 5.17. The third kappa shape index (κ3) is 2.39. The minimum atomic E-state index is -5.02. The Bertz CT molecular complexity index is 701. The van der Waals surface area contributed by atoms with Crippen molar-refractivity contribution in [1.29, 1.82) is 0 Å². The standard InChI is InChI=1S/C15H15F7N2O2/c16-7-2-1-6(5-8(7)17)24-11-9(13(23-24)15(20,21)22)14(12(19)10(11)18)25-3-4-26-14/h6-8,10,12H,1-5H2/t6-,7-,8+,10+,12-/m1/s1. The number of alkyl halides is 7. The maximum absolute atomic E-state index is 14.7. The SMILES string of the molecule is F[C@@H]1CC[C@@H](n2nc(C(F)(F)F)c3c2[C@H](F)[C@@H](F)C32OCCO2)C[C@@H]1F. The molecule has 26 heavy (non-hydrogen) atoms. The van der Waals surface area contributed by atoms with Gasteiger partial charge in [-0.3, -0.25) is 4.68 Å². The van der Waals surface area contributed by atoms with Crippen molar-refractivity contribution in [1.82, 2.24) is 9.78 Å². The van der Waals surface area contributed by atoms with Crippen LogP contribution in [0.1, 0.15) is 48.4 Å².